The Morgan fingerprint density at radius 2 is 1.72 bits per heavy atom. The van der Waals surface area contributed by atoms with Gasteiger partial charge in [-0.1, -0.05) is 75.9 Å². The maximum atomic E-state index is 14.0. The van der Waals surface area contributed by atoms with Gasteiger partial charge in [0.2, 0.25) is 0 Å². The van der Waals surface area contributed by atoms with Crippen LogP contribution >= 0.6 is 0 Å². The number of ether oxygens (including phenoxy) is 3. The lowest BCUT2D eigenvalue weighted by Crippen LogP contribution is -2.53. The Balaban J connectivity index is 1.65. The largest absolute Gasteiger partial charge is 0.490 e. The van der Waals surface area contributed by atoms with Crippen molar-refractivity contribution in [2.24, 2.45) is 0 Å². The summed E-state index contributed by atoms with van der Waals surface area (Å²) < 4.78 is 17.1. The average Bonchev–Trinajstić information content (AvgIpc) is 3.82. The molecule has 1 aliphatic carbocycles. The molecule has 1 heterocycles. The highest BCUT2D eigenvalue weighted by atomic mass is 16.6. The van der Waals surface area contributed by atoms with Gasteiger partial charge < -0.3 is 24.6 Å². The quantitative estimate of drug-likeness (QED) is 0.192. The summed E-state index contributed by atoms with van der Waals surface area (Å²) in [5.41, 5.74) is 1.89. The monoisotopic (exact) mass is 643 g/mol. The summed E-state index contributed by atoms with van der Waals surface area (Å²) in [5, 5.41) is 14.7. The zero-order valence-corrected chi connectivity index (χ0v) is 28.5. The Bertz CT molecular complexity index is 1510. The van der Waals surface area contributed by atoms with E-state index in [0.717, 1.165) is 22.4 Å². The summed E-state index contributed by atoms with van der Waals surface area (Å²) in [6, 6.07) is 20.1. The molecule has 9 heteroatoms. The maximum absolute atomic E-state index is 14.0. The molecule has 2 aromatic carbocycles. The molecule has 252 valence electrons. The highest BCUT2D eigenvalue weighted by Crippen LogP contribution is 2.51. The molecule has 2 N–H and O–H groups in total. The first-order chi connectivity index (χ1) is 22.2. The predicted molar refractivity (Wildman–Crippen MR) is 182 cm³/mol. The summed E-state index contributed by atoms with van der Waals surface area (Å²) in [4.78, 5) is 33.3. The molecule has 1 aromatic heterocycles. The number of hydrogen-bond acceptors (Lipinski definition) is 7. The van der Waals surface area contributed by atoms with Crippen LogP contribution in [0.5, 0.6) is 5.75 Å². The molecule has 0 spiro atoms. The number of carbonyl (C=O) groups is 2. The number of hydrogen-bond donors (Lipinski definition) is 2. The van der Waals surface area contributed by atoms with Crippen molar-refractivity contribution in [1.29, 1.82) is 0 Å². The number of carbonyl (C=O) groups excluding carboxylic acids is 2. The lowest BCUT2D eigenvalue weighted by Gasteiger charge is -2.35. The molecule has 0 saturated heterocycles. The number of aromatic nitrogens is 1. The number of aliphatic hydroxyl groups is 1. The van der Waals surface area contributed by atoms with Crippen LogP contribution in [0.2, 0.25) is 0 Å². The summed E-state index contributed by atoms with van der Waals surface area (Å²) in [6.45, 7) is 15.7. The lowest BCUT2D eigenvalue weighted by molar-refractivity contribution is 0.0225. The van der Waals surface area contributed by atoms with Gasteiger partial charge >= 0.3 is 12.2 Å². The van der Waals surface area contributed by atoms with Gasteiger partial charge in [0.25, 0.3) is 0 Å². The molecule has 47 heavy (non-hydrogen) atoms. The SMILES string of the molecule is C=CCOc1cccc(C[C@H](NC(=O)OC(C)(C)C)[C@H](O)CN(C(=O)OCc2ccccc2)C2(c3cc(C(C)(C)C)ccn3)CC2)c1. The van der Waals surface area contributed by atoms with Crippen molar-refractivity contribution in [1.82, 2.24) is 15.2 Å². The van der Waals surface area contributed by atoms with Crippen molar-refractivity contribution in [3.8, 4) is 5.75 Å². The second-order valence-corrected chi connectivity index (χ2v) is 14.1. The van der Waals surface area contributed by atoms with Crippen LogP contribution in [0, 0.1) is 0 Å². The number of amides is 2. The zero-order chi connectivity index (χ0) is 34.2. The molecule has 1 fully saturated rings. The van der Waals surface area contributed by atoms with Crippen molar-refractivity contribution in [3.63, 3.8) is 0 Å². The molecule has 0 radical (unpaired) electrons. The standard InChI is InChI=1S/C38H49N3O6/c1-8-21-45-30-16-12-15-28(22-30)23-31(40-34(43)47-37(5,6)7)32(42)25-41(35(44)46-26-27-13-10-9-11-14-27)38(18-19-38)33-24-29(17-20-39-33)36(2,3)4/h8-17,20,22,24,31-32,42H,1,18-19,21,23,25-26H2,2-7H3,(H,40,43)/t31-,32+/m0/s1. The van der Waals surface area contributed by atoms with Crippen molar-refractivity contribution in [2.45, 2.75) is 96.1 Å². The molecule has 2 atom stereocenters. The molecule has 9 nitrogen and oxygen atoms in total. The average molecular weight is 644 g/mol. The zero-order valence-electron chi connectivity index (χ0n) is 28.5. The fourth-order valence-corrected chi connectivity index (χ4v) is 5.38. The normalized spacial score (nSPS) is 15.1. The number of rotatable bonds is 13. The van der Waals surface area contributed by atoms with Crippen LogP contribution in [0.15, 0.2) is 85.6 Å². The van der Waals surface area contributed by atoms with Gasteiger partial charge in [-0.05, 0) is 86.4 Å². The molecule has 2 amide bonds. The fourth-order valence-electron chi connectivity index (χ4n) is 5.38. The van der Waals surface area contributed by atoms with E-state index in [4.69, 9.17) is 19.2 Å². The molecule has 0 aliphatic heterocycles. The van der Waals surface area contributed by atoms with Crippen molar-refractivity contribution in [2.75, 3.05) is 13.2 Å². The van der Waals surface area contributed by atoms with Crippen LogP contribution in [-0.4, -0.2) is 58.1 Å². The van der Waals surface area contributed by atoms with Gasteiger partial charge in [-0.2, -0.15) is 0 Å². The van der Waals surface area contributed by atoms with Crippen molar-refractivity contribution >= 4 is 12.2 Å². The van der Waals surface area contributed by atoms with Crippen molar-refractivity contribution in [3.05, 3.63) is 108 Å². The van der Waals surface area contributed by atoms with Gasteiger partial charge in [-0.15, -0.1) is 0 Å². The van der Waals surface area contributed by atoms with E-state index in [1.165, 1.54) is 0 Å². The molecular weight excluding hydrogens is 594 g/mol. The van der Waals surface area contributed by atoms with E-state index in [0.29, 0.717) is 25.2 Å². The Morgan fingerprint density at radius 1 is 1.02 bits per heavy atom. The van der Waals surface area contributed by atoms with Gasteiger partial charge in [0.1, 0.15) is 24.6 Å². The number of nitrogens with zero attached hydrogens (tertiary/aromatic N) is 2. The van der Waals surface area contributed by atoms with Gasteiger partial charge in [0.05, 0.1) is 29.9 Å². The summed E-state index contributed by atoms with van der Waals surface area (Å²) >= 11 is 0. The molecule has 3 aromatic rings. The first-order valence-corrected chi connectivity index (χ1v) is 16.2. The van der Waals surface area contributed by atoms with Crippen LogP contribution in [0.4, 0.5) is 9.59 Å². The number of alkyl carbamates (subject to hydrolysis) is 1. The molecular formula is C38H49N3O6. The number of pyridine rings is 1. The Labute approximate surface area is 279 Å². The van der Waals surface area contributed by atoms with E-state index in [2.05, 4.69) is 32.7 Å². The minimum absolute atomic E-state index is 0.0783. The Kier molecular flexibility index (Phi) is 11.3. The predicted octanol–water partition coefficient (Wildman–Crippen LogP) is 7.07. The summed E-state index contributed by atoms with van der Waals surface area (Å²) in [5.74, 6) is 0.640. The van der Waals surface area contributed by atoms with E-state index in [9.17, 15) is 14.7 Å². The van der Waals surface area contributed by atoms with Gasteiger partial charge in [0.15, 0.2) is 0 Å². The topological polar surface area (TPSA) is 110 Å². The number of aliphatic hydroxyl groups excluding tert-OH is 1. The van der Waals surface area contributed by atoms with E-state index in [-0.39, 0.29) is 25.0 Å². The second-order valence-electron chi connectivity index (χ2n) is 14.1. The van der Waals surface area contributed by atoms with E-state index in [1.54, 1.807) is 37.9 Å². The lowest BCUT2D eigenvalue weighted by atomic mass is 9.86. The Morgan fingerprint density at radius 3 is 2.36 bits per heavy atom. The first kappa shape index (κ1) is 35.5. The minimum Gasteiger partial charge on any atom is -0.490 e. The highest BCUT2D eigenvalue weighted by Gasteiger charge is 2.54. The van der Waals surface area contributed by atoms with Crippen LogP contribution in [0.1, 0.15) is 76.8 Å². The van der Waals surface area contributed by atoms with E-state index < -0.39 is 35.5 Å². The fraction of sp³-hybridized carbons (Fsp3) is 0.447. The Hall–Kier alpha value is -4.37. The molecule has 4 rings (SSSR count). The van der Waals surface area contributed by atoms with E-state index >= 15 is 0 Å². The molecule has 0 unspecified atom stereocenters. The van der Waals surface area contributed by atoms with Crippen LogP contribution in [0.3, 0.4) is 0 Å². The highest BCUT2D eigenvalue weighted by molar-refractivity contribution is 5.70. The maximum Gasteiger partial charge on any atom is 0.410 e. The van der Waals surface area contributed by atoms with Crippen LogP contribution < -0.4 is 10.1 Å². The third kappa shape index (κ3) is 10.1. The summed E-state index contributed by atoms with van der Waals surface area (Å²) in [6.07, 6.45) is 2.59. The van der Waals surface area contributed by atoms with Crippen molar-refractivity contribution < 1.29 is 28.9 Å². The third-order valence-corrected chi connectivity index (χ3v) is 8.03. The van der Waals surface area contributed by atoms with Gasteiger partial charge in [-0.25, -0.2) is 9.59 Å². The van der Waals surface area contributed by atoms with E-state index in [1.807, 2.05) is 66.7 Å². The second kappa shape index (κ2) is 15.0. The van der Waals surface area contributed by atoms with Gasteiger partial charge in [0, 0.05) is 6.20 Å². The number of nitrogens with one attached hydrogen (secondary N) is 1. The third-order valence-electron chi connectivity index (χ3n) is 8.03. The smallest absolute Gasteiger partial charge is 0.410 e. The number of benzene rings is 2. The minimum atomic E-state index is -1.19. The van der Waals surface area contributed by atoms with Crippen LogP contribution in [0.25, 0.3) is 0 Å². The molecule has 1 saturated carbocycles. The first-order valence-electron chi connectivity index (χ1n) is 16.2. The van der Waals surface area contributed by atoms with Crippen LogP contribution in [-0.2, 0) is 33.5 Å². The molecule has 1 aliphatic rings. The molecule has 0 bridgehead atoms. The summed E-state index contributed by atoms with van der Waals surface area (Å²) in [7, 11) is 0. The van der Waals surface area contributed by atoms with Gasteiger partial charge in [-0.3, -0.25) is 9.88 Å².